The Labute approximate surface area is 212 Å². The predicted molar refractivity (Wildman–Crippen MR) is 149 cm³/mol. The SMILES string of the molecule is Cc1c2[nH]c3ccccc3c2cc[n+]1CCCCCCCC[n+]1ccc2c([nH]c3ccccc32)c1C. The van der Waals surface area contributed by atoms with E-state index in [1.54, 1.807) is 0 Å². The average Bonchev–Trinajstić information content (AvgIpc) is 3.47. The molecule has 0 aliphatic carbocycles. The Hall–Kier alpha value is -3.66. The van der Waals surface area contributed by atoms with Gasteiger partial charge in [-0.3, -0.25) is 0 Å². The number of nitrogens with one attached hydrogen (secondary N) is 2. The molecule has 4 heteroatoms. The lowest BCUT2D eigenvalue weighted by Gasteiger charge is -2.04. The Morgan fingerprint density at radius 3 is 1.39 bits per heavy atom. The van der Waals surface area contributed by atoms with Crippen LogP contribution in [0.1, 0.15) is 49.9 Å². The largest absolute Gasteiger partial charge is 0.349 e. The van der Waals surface area contributed by atoms with E-state index >= 15 is 0 Å². The lowest BCUT2D eigenvalue weighted by atomic mass is 10.1. The first-order valence-electron chi connectivity index (χ1n) is 13.5. The first-order valence-corrected chi connectivity index (χ1v) is 13.5. The summed E-state index contributed by atoms with van der Waals surface area (Å²) in [6, 6.07) is 21.7. The van der Waals surface area contributed by atoms with Crippen LogP contribution in [0.2, 0.25) is 0 Å². The molecule has 0 atom stereocenters. The fraction of sp³-hybridized carbons (Fsp3) is 0.312. The summed E-state index contributed by atoms with van der Waals surface area (Å²) in [6.45, 7) is 6.67. The zero-order valence-electron chi connectivity index (χ0n) is 21.5. The van der Waals surface area contributed by atoms with Crippen LogP contribution >= 0.6 is 0 Å². The third-order valence-electron chi connectivity index (χ3n) is 7.97. The van der Waals surface area contributed by atoms with Gasteiger partial charge in [-0.05, 0) is 25.0 Å². The topological polar surface area (TPSA) is 39.3 Å². The minimum atomic E-state index is 1.09. The minimum Gasteiger partial charge on any atom is -0.349 e. The highest BCUT2D eigenvalue weighted by atomic mass is 15.0. The van der Waals surface area contributed by atoms with E-state index in [2.05, 4.69) is 106 Å². The number of hydrogen-bond acceptors (Lipinski definition) is 0. The van der Waals surface area contributed by atoms with E-state index in [0.717, 1.165) is 13.1 Å². The van der Waals surface area contributed by atoms with Crippen LogP contribution in [-0.4, -0.2) is 9.97 Å². The lowest BCUT2D eigenvalue weighted by Crippen LogP contribution is -2.36. The molecule has 182 valence electrons. The van der Waals surface area contributed by atoms with Crippen LogP contribution in [0.25, 0.3) is 43.6 Å². The first kappa shape index (κ1) is 22.8. The van der Waals surface area contributed by atoms with Gasteiger partial charge in [-0.15, -0.1) is 0 Å². The number of unbranched alkanes of at least 4 members (excludes halogenated alkanes) is 5. The smallest absolute Gasteiger partial charge is 0.202 e. The summed E-state index contributed by atoms with van der Waals surface area (Å²) in [4.78, 5) is 7.24. The number of fused-ring (bicyclic) bond motifs is 6. The molecule has 0 radical (unpaired) electrons. The van der Waals surface area contributed by atoms with Crippen molar-refractivity contribution in [3.05, 3.63) is 84.4 Å². The van der Waals surface area contributed by atoms with Gasteiger partial charge < -0.3 is 9.97 Å². The molecule has 6 rings (SSSR count). The summed E-state index contributed by atoms with van der Waals surface area (Å²) in [6.07, 6.45) is 12.2. The summed E-state index contributed by atoms with van der Waals surface area (Å²) in [5.41, 5.74) is 7.67. The van der Waals surface area contributed by atoms with Crippen LogP contribution in [0, 0.1) is 13.8 Å². The number of benzene rings is 2. The molecule has 2 N–H and O–H groups in total. The van der Waals surface area contributed by atoms with Gasteiger partial charge in [-0.25, -0.2) is 9.13 Å². The molecule has 0 amide bonds. The Balaban J connectivity index is 0.974. The fourth-order valence-corrected chi connectivity index (χ4v) is 5.84. The molecule has 4 aromatic heterocycles. The molecule has 36 heavy (non-hydrogen) atoms. The van der Waals surface area contributed by atoms with Crippen molar-refractivity contribution >= 4 is 43.6 Å². The molecule has 2 aromatic carbocycles. The summed E-state index contributed by atoms with van der Waals surface area (Å²) in [5, 5.41) is 5.29. The lowest BCUT2D eigenvalue weighted by molar-refractivity contribution is -0.702. The normalized spacial score (nSPS) is 11.9. The van der Waals surface area contributed by atoms with Crippen LogP contribution in [0.15, 0.2) is 73.1 Å². The second-order valence-corrected chi connectivity index (χ2v) is 10.2. The van der Waals surface area contributed by atoms with E-state index < -0.39 is 0 Å². The highest BCUT2D eigenvalue weighted by Gasteiger charge is 2.16. The number of aromatic nitrogens is 4. The molecule has 4 nitrogen and oxygen atoms in total. The number of nitrogens with zero attached hydrogens (tertiary/aromatic N) is 2. The second-order valence-electron chi connectivity index (χ2n) is 10.2. The Morgan fingerprint density at radius 2 is 0.917 bits per heavy atom. The number of para-hydroxylation sites is 2. The molecular weight excluding hydrogens is 440 g/mol. The summed E-state index contributed by atoms with van der Waals surface area (Å²) in [5.74, 6) is 0. The second kappa shape index (κ2) is 9.77. The maximum absolute atomic E-state index is 3.62. The molecule has 0 spiro atoms. The van der Waals surface area contributed by atoms with E-state index in [1.807, 2.05) is 0 Å². The molecule has 6 aromatic rings. The predicted octanol–water partition coefficient (Wildman–Crippen LogP) is 7.19. The molecule has 0 aliphatic rings. The standard InChI is InChI=1S/C32H34N4/c1-23-31-27(25-13-7-9-15-29(25)33-31)17-21-35(23)19-11-5-3-4-6-12-20-36-22-18-28-26-14-8-10-16-30(26)34-32(28)24(36)2/h7-10,13-18,21-22H,3-6,11-12,19-20H2,1-2H3/p+2. The zero-order chi connectivity index (χ0) is 24.5. The van der Waals surface area contributed by atoms with Crippen molar-refractivity contribution < 1.29 is 9.13 Å². The monoisotopic (exact) mass is 476 g/mol. The molecule has 0 unspecified atom stereocenters. The minimum absolute atomic E-state index is 1.09. The van der Waals surface area contributed by atoms with Gasteiger partial charge in [0.05, 0.1) is 0 Å². The van der Waals surface area contributed by atoms with Gasteiger partial charge in [0.15, 0.2) is 12.4 Å². The number of rotatable bonds is 9. The van der Waals surface area contributed by atoms with E-state index in [0.29, 0.717) is 0 Å². The maximum Gasteiger partial charge on any atom is 0.202 e. The van der Waals surface area contributed by atoms with E-state index in [1.165, 1.54) is 93.5 Å². The third-order valence-corrected chi connectivity index (χ3v) is 7.97. The molecule has 0 fully saturated rings. The van der Waals surface area contributed by atoms with Gasteiger partial charge in [0.1, 0.15) is 24.1 Å². The number of H-pyrrole nitrogens is 2. The quantitative estimate of drug-likeness (QED) is 0.164. The van der Waals surface area contributed by atoms with Gasteiger partial charge in [-0.2, -0.15) is 0 Å². The summed E-state index contributed by atoms with van der Waals surface area (Å²) in [7, 11) is 0. The van der Waals surface area contributed by atoms with Gasteiger partial charge in [0.25, 0.3) is 0 Å². The highest BCUT2D eigenvalue weighted by Crippen LogP contribution is 2.26. The summed E-state index contributed by atoms with van der Waals surface area (Å²) >= 11 is 0. The average molecular weight is 477 g/mol. The molecule has 0 aliphatic heterocycles. The zero-order valence-corrected chi connectivity index (χ0v) is 21.5. The van der Waals surface area contributed by atoms with Crippen LogP contribution in [0.4, 0.5) is 0 Å². The van der Waals surface area contributed by atoms with E-state index in [-0.39, 0.29) is 0 Å². The Morgan fingerprint density at radius 1 is 0.500 bits per heavy atom. The van der Waals surface area contributed by atoms with Crippen LogP contribution < -0.4 is 9.13 Å². The van der Waals surface area contributed by atoms with Crippen LogP contribution in [-0.2, 0) is 13.1 Å². The molecular formula is C32H36N4+2. The van der Waals surface area contributed by atoms with Crippen molar-refractivity contribution in [2.24, 2.45) is 0 Å². The number of pyridine rings is 2. The van der Waals surface area contributed by atoms with Crippen LogP contribution in [0.3, 0.4) is 0 Å². The van der Waals surface area contributed by atoms with Crippen molar-refractivity contribution in [3.63, 3.8) is 0 Å². The van der Waals surface area contributed by atoms with Crippen molar-refractivity contribution in [2.75, 3.05) is 0 Å². The van der Waals surface area contributed by atoms with Crippen molar-refractivity contribution in [3.8, 4) is 0 Å². The molecule has 0 bridgehead atoms. The van der Waals surface area contributed by atoms with E-state index in [4.69, 9.17) is 0 Å². The summed E-state index contributed by atoms with van der Waals surface area (Å²) < 4.78 is 4.83. The number of hydrogen-bond donors (Lipinski definition) is 2. The van der Waals surface area contributed by atoms with Gasteiger partial charge in [0.2, 0.25) is 11.4 Å². The van der Waals surface area contributed by atoms with Gasteiger partial charge in [0, 0.05) is 71.4 Å². The maximum atomic E-state index is 3.62. The van der Waals surface area contributed by atoms with Gasteiger partial charge in [-0.1, -0.05) is 49.2 Å². The van der Waals surface area contributed by atoms with Crippen LogP contribution in [0.5, 0.6) is 0 Å². The third kappa shape index (κ3) is 4.15. The Bertz CT molecular complexity index is 1540. The molecule has 0 saturated carbocycles. The molecule has 4 heterocycles. The molecule has 0 saturated heterocycles. The fourth-order valence-electron chi connectivity index (χ4n) is 5.84. The van der Waals surface area contributed by atoms with Gasteiger partial charge >= 0.3 is 0 Å². The Kier molecular flexibility index (Phi) is 6.18. The van der Waals surface area contributed by atoms with Crippen molar-refractivity contribution in [2.45, 2.75) is 65.5 Å². The highest BCUT2D eigenvalue weighted by molar-refractivity contribution is 6.08. The van der Waals surface area contributed by atoms with Crippen molar-refractivity contribution in [1.82, 2.24) is 9.97 Å². The first-order chi connectivity index (χ1) is 17.7. The van der Waals surface area contributed by atoms with E-state index in [9.17, 15) is 0 Å². The van der Waals surface area contributed by atoms with Crippen molar-refractivity contribution in [1.29, 1.82) is 0 Å². The number of aromatic amines is 2. The number of aryl methyl sites for hydroxylation is 4.